The zero-order valence-corrected chi connectivity index (χ0v) is 35.9. The fraction of sp³-hybridized carbons (Fsp3) is 0.545. The fourth-order valence-corrected chi connectivity index (χ4v) is 11.2. The highest BCUT2D eigenvalue weighted by atomic mass is 35.5. The molecule has 59 heavy (non-hydrogen) atoms. The first-order valence-corrected chi connectivity index (χ1v) is 23.1. The minimum absolute atomic E-state index is 0.0343. The van der Waals surface area contributed by atoms with E-state index >= 15 is 0 Å². The van der Waals surface area contributed by atoms with Crippen molar-refractivity contribution >= 4 is 50.2 Å². The zero-order valence-electron chi connectivity index (χ0n) is 34.3. The van der Waals surface area contributed by atoms with Crippen LogP contribution in [0.4, 0.5) is 11.5 Å². The molecule has 2 amide bonds. The van der Waals surface area contributed by atoms with E-state index in [-0.39, 0.29) is 29.4 Å². The van der Waals surface area contributed by atoms with Gasteiger partial charge in [-0.25, -0.2) is 9.20 Å². The van der Waals surface area contributed by atoms with Gasteiger partial charge in [0.05, 0.1) is 47.4 Å². The number of hydrogen-bond acceptors (Lipinski definition) is 10. The smallest absolute Gasteiger partial charge is 0.285 e. The molecule has 15 heteroatoms. The van der Waals surface area contributed by atoms with Gasteiger partial charge in [0, 0.05) is 76.0 Å². The number of amides is 2. The second-order valence-electron chi connectivity index (χ2n) is 16.8. The number of halogens is 1. The van der Waals surface area contributed by atoms with Crippen LogP contribution < -0.4 is 14.5 Å². The van der Waals surface area contributed by atoms with Crippen LogP contribution in [0, 0.1) is 17.8 Å². The van der Waals surface area contributed by atoms with Gasteiger partial charge in [-0.2, -0.15) is 9.46 Å². The molecule has 1 unspecified atom stereocenters. The molecule has 1 saturated carbocycles. The number of ether oxygens (including phenoxy) is 3. The van der Waals surface area contributed by atoms with Crippen molar-refractivity contribution in [3.63, 3.8) is 0 Å². The van der Waals surface area contributed by atoms with Crippen LogP contribution in [-0.4, -0.2) is 114 Å². The Hall–Kier alpha value is -4.08. The van der Waals surface area contributed by atoms with Crippen molar-refractivity contribution in [1.29, 1.82) is 0 Å². The average molecular weight is 846 g/mol. The molecule has 5 aliphatic rings. The van der Waals surface area contributed by atoms with Crippen LogP contribution in [0.3, 0.4) is 0 Å². The minimum atomic E-state index is -3.47. The molecular formula is C44H56ClN7O6S. The van der Waals surface area contributed by atoms with Gasteiger partial charge in [-0.1, -0.05) is 36.7 Å². The Labute approximate surface area is 352 Å². The molecule has 1 aromatic heterocycles. The number of aliphatic imine (C=N–C) groups is 1. The van der Waals surface area contributed by atoms with Crippen molar-refractivity contribution in [3.8, 4) is 5.75 Å². The van der Waals surface area contributed by atoms with Crippen molar-refractivity contribution in [2.75, 3.05) is 75.2 Å². The van der Waals surface area contributed by atoms with Gasteiger partial charge in [0.2, 0.25) is 0 Å². The van der Waals surface area contributed by atoms with E-state index in [4.69, 9.17) is 25.8 Å². The van der Waals surface area contributed by atoms with Gasteiger partial charge in [0.25, 0.3) is 11.8 Å². The van der Waals surface area contributed by atoms with E-state index in [0.29, 0.717) is 73.3 Å². The Morgan fingerprint density at radius 2 is 1.93 bits per heavy atom. The summed E-state index contributed by atoms with van der Waals surface area (Å²) in [5, 5.41) is 5.35. The summed E-state index contributed by atoms with van der Waals surface area (Å²) in [6.07, 6.45) is 11.2. The van der Waals surface area contributed by atoms with Crippen LogP contribution >= 0.6 is 11.6 Å². The number of carbonyl (C=O) groups is 2. The SMILES string of the molecule is CO[C@H]1/C=C/C[C@H](C)CS(=O)(C=NC(=O)c2cn(C)nc2N2CCN3CCOC[C@@H]3C2)=NC(=O)c2ccc3c(c2)N(Cc2ccc(Cl)cc2CCCCO3)C[C@@H]2CC[C@H]21. The highest BCUT2D eigenvalue weighted by Crippen LogP contribution is 2.42. The topological polar surface area (TPSA) is 131 Å². The summed E-state index contributed by atoms with van der Waals surface area (Å²) in [5.41, 5.74) is 4.87. The highest BCUT2D eigenvalue weighted by Gasteiger charge is 2.38. The molecule has 13 nitrogen and oxygen atoms in total. The number of carbonyl (C=O) groups excluding carboxylic acids is 2. The predicted octanol–water partition coefficient (Wildman–Crippen LogP) is 6.43. The third kappa shape index (κ3) is 9.62. The van der Waals surface area contributed by atoms with E-state index in [1.54, 1.807) is 31.1 Å². The quantitative estimate of drug-likeness (QED) is 0.165. The molecule has 2 bridgehead atoms. The largest absolute Gasteiger partial charge is 0.491 e. The summed E-state index contributed by atoms with van der Waals surface area (Å²) in [6, 6.07) is 11.7. The summed E-state index contributed by atoms with van der Waals surface area (Å²) in [6.45, 7) is 8.27. The van der Waals surface area contributed by atoms with E-state index in [0.717, 1.165) is 69.6 Å². The zero-order chi connectivity index (χ0) is 41.1. The number of aromatic nitrogens is 2. The normalized spacial score (nSPS) is 28.9. The molecule has 0 radical (unpaired) electrons. The Bertz CT molecular complexity index is 2220. The predicted molar refractivity (Wildman–Crippen MR) is 232 cm³/mol. The van der Waals surface area contributed by atoms with E-state index in [2.05, 4.69) is 53.4 Å². The highest BCUT2D eigenvalue weighted by molar-refractivity contribution is 8.06. The standard InChI is InChI=1S/C44H56ClN7O6S/c1-30-7-6-9-40(56-3)37-14-11-34(37)24-52-23-33-10-13-35(45)21-31(33)8-4-5-19-58-41-15-12-32(22-39(41)52)43(53)48-59(55,28-30)29-46-44(54)38-26-49(2)47-42(38)51-17-16-50-18-20-57-27-36(50)25-51/h6,9-10,12-13,15,21-22,26,29-30,34,36-37,40H,4-5,7-8,11,14,16-20,23-25,27-28H2,1-3H3/b9-6+,46-29?/t30-,34-,36-,37+,40-,59?/m0/s1. The Kier molecular flexibility index (Phi) is 12.9. The number of anilines is 2. The maximum atomic E-state index is 14.9. The van der Waals surface area contributed by atoms with E-state index in [1.807, 2.05) is 25.1 Å². The first-order chi connectivity index (χ1) is 28.6. The molecule has 3 aromatic rings. The lowest BCUT2D eigenvalue weighted by Crippen LogP contribution is -2.58. The van der Waals surface area contributed by atoms with E-state index in [9.17, 15) is 13.8 Å². The lowest BCUT2D eigenvalue weighted by Gasteiger charge is -2.43. The number of methoxy groups -OCH3 is 1. The van der Waals surface area contributed by atoms with Crippen molar-refractivity contribution in [3.05, 3.63) is 82.0 Å². The molecule has 5 heterocycles. The molecule has 6 atom stereocenters. The molecule has 2 aromatic carbocycles. The van der Waals surface area contributed by atoms with Crippen molar-refractivity contribution in [2.24, 2.45) is 34.2 Å². The minimum Gasteiger partial charge on any atom is -0.491 e. The second-order valence-corrected chi connectivity index (χ2v) is 19.3. The van der Waals surface area contributed by atoms with E-state index in [1.165, 1.54) is 11.1 Å². The number of benzene rings is 2. The van der Waals surface area contributed by atoms with Gasteiger partial charge in [0.15, 0.2) is 5.82 Å². The first kappa shape index (κ1) is 41.6. The average Bonchev–Trinajstić information content (AvgIpc) is 3.60. The van der Waals surface area contributed by atoms with Crippen molar-refractivity contribution in [2.45, 2.75) is 64.1 Å². The number of allylic oxidation sites excluding steroid dienone is 1. The van der Waals surface area contributed by atoms with Crippen LogP contribution in [0.15, 0.2) is 64.1 Å². The van der Waals surface area contributed by atoms with Crippen LogP contribution in [0.25, 0.3) is 0 Å². The number of rotatable bonds is 4. The molecule has 2 saturated heterocycles. The number of piperazine rings is 1. The van der Waals surface area contributed by atoms with Crippen molar-refractivity contribution < 1.29 is 28.0 Å². The van der Waals surface area contributed by atoms with Gasteiger partial charge in [-0.15, -0.1) is 0 Å². The molecule has 0 spiro atoms. The number of morpholine rings is 1. The van der Waals surface area contributed by atoms with Crippen LogP contribution in [0.2, 0.25) is 5.02 Å². The van der Waals surface area contributed by atoms with Crippen molar-refractivity contribution in [1.82, 2.24) is 14.7 Å². The molecule has 4 aliphatic heterocycles. The Balaban J connectivity index is 1.15. The lowest BCUT2D eigenvalue weighted by molar-refractivity contribution is -0.0118. The van der Waals surface area contributed by atoms with Crippen LogP contribution in [-0.2, 0) is 39.2 Å². The molecule has 3 fully saturated rings. The third-order valence-corrected chi connectivity index (χ3v) is 14.7. The number of fused-ring (bicyclic) bond motifs is 4. The van der Waals surface area contributed by atoms with Gasteiger partial charge >= 0.3 is 0 Å². The van der Waals surface area contributed by atoms with E-state index < -0.39 is 21.5 Å². The summed E-state index contributed by atoms with van der Waals surface area (Å²) < 4.78 is 39.1. The molecule has 0 N–H and O–H groups in total. The molecular weight excluding hydrogens is 790 g/mol. The monoisotopic (exact) mass is 845 g/mol. The maximum Gasteiger partial charge on any atom is 0.285 e. The second kappa shape index (κ2) is 18.3. The summed E-state index contributed by atoms with van der Waals surface area (Å²) in [7, 11) is 0.0551. The summed E-state index contributed by atoms with van der Waals surface area (Å²) in [5.74, 6) is 0.545. The molecule has 8 rings (SSSR count). The van der Waals surface area contributed by atoms with Gasteiger partial charge in [-0.05, 0) is 97.7 Å². The Morgan fingerprint density at radius 3 is 2.76 bits per heavy atom. The number of hydrogen-bond donors (Lipinski definition) is 0. The first-order valence-electron chi connectivity index (χ1n) is 21.0. The summed E-state index contributed by atoms with van der Waals surface area (Å²) >= 11 is 6.51. The van der Waals surface area contributed by atoms with Gasteiger partial charge in [0.1, 0.15) is 16.9 Å². The fourth-order valence-electron chi connectivity index (χ4n) is 9.21. The van der Waals surface area contributed by atoms with Crippen LogP contribution in [0.5, 0.6) is 5.75 Å². The lowest BCUT2D eigenvalue weighted by atomic mass is 9.70. The summed E-state index contributed by atoms with van der Waals surface area (Å²) in [4.78, 5) is 39.2. The Morgan fingerprint density at radius 1 is 1.05 bits per heavy atom. The third-order valence-electron chi connectivity index (χ3n) is 12.5. The van der Waals surface area contributed by atoms with Gasteiger partial charge < -0.3 is 24.0 Å². The molecule has 1 aliphatic carbocycles. The van der Waals surface area contributed by atoms with Gasteiger partial charge in [-0.3, -0.25) is 19.2 Å². The number of nitrogens with zero attached hydrogens (tertiary/aromatic N) is 7. The maximum absolute atomic E-state index is 14.9. The van der Waals surface area contributed by atoms with Crippen LogP contribution in [0.1, 0.15) is 70.9 Å². The molecule has 316 valence electrons. The number of aryl methyl sites for hydroxylation is 2.